The Morgan fingerprint density at radius 1 is 0.780 bits per heavy atom. The van der Waals surface area contributed by atoms with E-state index in [2.05, 4.69) is 12.2 Å². The van der Waals surface area contributed by atoms with Crippen molar-refractivity contribution in [1.29, 1.82) is 0 Å². The highest BCUT2D eigenvalue weighted by atomic mass is 16.7. The third-order valence-electron chi connectivity index (χ3n) is 7.26. The van der Waals surface area contributed by atoms with Gasteiger partial charge in [0.1, 0.15) is 48.8 Å². The number of carboxylic acids is 1. The van der Waals surface area contributed by atoms with E-state index < -0.39 is 85.9 Å². The summed E-state index contributed by atoms with van der Waals surface area (Å²) in [4.78, 5) is 23.3. The highest BCUT2D eigenvalue weighted by Gasteiger charge is 2.49. The van der Waals surface area contributed by atoms with Gasteiger partial charge in [-0.15, -0.1) is 0 Å². The average molecular weight is 597 g/mol. The first-order valence-electron chi connectivity index (χ1n) is 14.4. The number of aliphatic hydroxyl groups excluding tert-OH is 6. The van der Waals surface area contributed by atoms with Crippen LogP contribution >= 0.6 is 0 Å². The Morgan fingerprint density at radius 3 is 2.05 bits per heavy atom. The molecule has 0 radical (unpaired) electrons. The molecule has 2 aliphatic rings. The van der Waals surface area contributed by atoms with E-state index in [9.17, 15) is 40.2 Å². The summed E-state index contributed by atoms with van der Waals surface area (Å²) in [5, 5.41) is 73.1. The number of hydrogen-bond acceptors (Lipinski definition) is 13. The summed E-state index contributed by atoms with van der Waals surface area (Å²) in [5.74, 6) is -1.92. The van der Waals surface area contributed by atoms with Gasteiger partial charge in [-0.2, -0.15) is 0 Å². The molecule has 0 aliphatic carbocycles. The lowest BCUT2D eigenvalue weighted by molar-refractivity contribution is -0.326. The van der Waals surface area contributed by atoms with Gasteiger partial charge >= 0.3 is 5.97 Å². The summed E-state index contributed by atoms with van der Waals surface area (Å²) >= 11 is 0. The normalized spacial score (nSPS) is 34.7. The molecule has 2 heterocycles. The number of carboxylic acid groups (broad SMARTS) is 1. The van der Waals surface area contributed by atoms with E-state index in [0.29, 0.717) is 12.8 Å². The second-order valence-corrected chi connectivity index (χ2v) is 10.6. The molecular weight excluding hydrogens is 548 g/mol. The van der Waals surface area contributed by atoms with Crippen LogP contribution in [0.5, 0.6) is 0 Å². The average Bonchev–Trinajstić information content (AvgIpc) is 2.95. The van der Waals surface area contributed by atoms with Gasteiger partial charge in [-0.05, 0) is 25.7 Å². The van der Waals surface area contributed by atoms with Gasteiger partial charge in [-0.3, -0.25) is 9.59 Å². The maximum atomic E-state index is 12.6. The molecule has 0 aromatic heterocycles. The quantitative estimate of drug-likeness (QED) is 0.0755. The van der Waals surface area contributed by atoms with E-state index in [1.807, 2.05) is 0 Å². The van der Waals surface area contributed by atoms with Crippen LogP contribution in [0.25, 0.3) is 0 Å². The Morgan fingerprint density at radius 2 is 1.39 bits per heavy atom. The molecule has 10 N–H and O–H groups in total. The van der Waals surface area contributed by atoms with E-state index in [0.717, 1.165) is 38.5 Å². The SMILES string of the molecule is CCCCCCCCOC1OC(COC2OC(C(=O)NCCCCC(N)C(=O)O)C(O)C(O)C2O)C(O)C(O)C1O. The van der Waals surface area contributed by atoms with Gasteiger partial charge in [-0.25, -0.2) is 0 Å². The van der Waals surface area contributed by atoms with Crippen molar-refractivity contribution in [1.82, 2.24) is 5.32 Å². The lowest BCUT2D eigenvalue weighted by atomic mass is 9.97. The minimum absolute atomic E-state index is 0.115. The lowest BCUT2D eigenvalue weighted by Crippen LogP contribution is -2.63. The Kier molecular flexibility index (Phi) is 15.9. The van der Waals surface area contributed by atoms with Crippen LogP contribution in [0, 0.1) is 0 Å². The largest absolute Gasteiger partial charge is 0.480 e. The Bertz CT molecular complexity index is 778. The van der Waals surface area contributed by atoms with Crippen molar-refractivity contribution in [3.8, 4) is 0 Å². The number of nitrogens with two attached hydrogens (primary N) is 1. The summed E-state index contributed by atoms with van der Waals surface area (Å²) in [6, 6.07) is -1.01. The molecule has 0 aromatic carbocycles. The fourth-order valence-electron chi connectivity index (χ4n) is 4.59. The van der Waals surface area contributed by atoms with Crippen LogP contribution in [0.1, 0.15) is 64.7 Å². The zero-order valence-electron chi connectivity index (χ0n) is 23.5. The van der Waals surface area contributed by atoms with Crippen LogP contribution in [-0.2, 0) is 28.5 Å². The number of hydrogen-bond donors (Lipinski definition) is 9. The summed E-state index contributed by atoms with van der Waals surface area (Å²) in [6.07, 6.45) is -8.60. The molecule has 2 aliphatic heterocycles. The van der Waals surface area contributed by atoms with Gasteiger partial charge in [0.2, 0.25) is 0 Å². The molecule has 0 spiro atoms. The number of aliphatic hydroxyl groups is 6. The van der Waals surface area contributed by atoms with Crippen LogP contribution in [0.15, 0.2) is 0 Å². The lowest BCUT2D eigenvalue weighted by Gasteiger charge is -2.42. The molecule has 11 unspecified atom stereocenters. The monoisotopic (exact) mass is 596 g/mol. The maximum Gasteiger partial charge on any atom is 0.320 e. The Balaban J connectivity index is 1.85. The molecule has 0 aromatic rings. The van der Waals surface area contributed by atoms with Gasteiger partial charge in [-0.1, -0.05) is 39.0 Å². The first-order chi connectivity index (χ1) is 19.5. The summed E-state index contributed by atoms with van der Waals surface area (Å²) in [5.41, 5.74) is 5.43. The molecule has 0 bridgehead atoms. The van der Waals surface area contributed by atoms with E-state index in [1.54, 1.807) is 0 Å². The molecule has 41 heavy (non-hydrogen) atoms. The van der Waals surface area contributed by atoms with Crippen LogP contribution in [0.3, 0.4) is 0 Å². The van der Waals surface area contributed by atoms with Crippen molar-refractivity contribution in [2.24, 2.45) is 5.73 Å². The van der Waals surface area contributed by atoms with Crippen molar-refractivity contribution >= 4 is 11.9 Å². The third kappa shape index (κ3) is 10.9. The molecule has 240 valence electrons. The standard InChI is InChI=1S/C26H48N2O13/c1-2-3-4-5-6-9-12-38-25-20(33)17(30)16(29)15(40-25)13-39-26-21(34)18(31)19(32)22(41-26)23(35)28-11-8-7-10-14(27)24(36)37/h14-22,25-26,29-34H,2-13,27H2,1H3,(H,28,35)(H,36,37). The highest BCUT2D eigenvalue weighted by molar-refractivity contribution is 5.81. The zero-order valence-corrected chi connectivity index (χ0v) is 23.5. The fraction of sp³-hybridized carbons (Fsp3) is 0.923. The van der Waals surface area contributed by atoms with E-state index >= 15 is 0 Å². The molecule has 1 amide bonds. The molecule has 2 saturated heterocycles. The molecule has 0 saturated carbocycles. The van der Waals surface area contributed by atoms with Gasteiger partial charge < -0.3 is 65.7 Å². The Labute approximate surface area is 239 Å². The molecule has 15 heteroatoms. The number of nitrogens with one attached hydrogen (secondary N) is 1. The second kappa shape index (κ2) is 18.2. The minimum Gasteiger partial charge on any atom is -0.480 e. The topological polar surface area (TPSA) is 251 Å². The smallest absolute Gasteiger partial charge is 0.320 e. The summed E-state index contributed by atoms with van der Waals surface area (Å²) < 4.78 is 22.1. The van der Waals surface area contributed by atoms with Crippen molar-refractivity contribution < 1.29 is 64.3 Å². The van der Waals surface area contributed by atoms with Crippen LogP contribution in [-0.4, -0.2) is 135 Å². The van der Waals surface area contributed by atoms with Crippen LogP contribution in [0.2, 0.25) is 0 Å². The number of amides is 1. The number of ether oxygens (including phenoxy) is 4. The minimum atomic E-state index is -1.81. The predicted molar refractivity (Wildman–Crippen MR) is 141 cm³/mol. The number of aliphatic carboxylic acids is 1. The number of carbonyl (C=O) groups is 2. The molecule has 11 atom stereocenters. The van der Waals surface area contributed by atoms with Crippen molar-refractivity contribution in [3.63, 3.8) is 0 Å². The first kappa shape index (κ1) is 35.7. The number of rotatable bonds is 18. The zero-order chi connectivity index (χ0) is 30.5. The summed E-state index contributed by atoms with van der Waals surface area (Å²) in [7, 11) is 0. The highest BCUT2D eigenvalue weighted by Crippen LogP contribution is 2.26. The van der Waals surface area contributed by atoms with E-state index in [4.69, 9.17) is 29.8 Å². The van der Waals surface area contributed by atoms with Crippen LogP contribution < -0.4 is 11.1 Å². The molecule has 2 fully saturated rings. The van der Waals surface area contributed by atoms with E-state index in [-0.39, 0.29) is 19.6 Å². The van der Waals surface area contributed by atoms with Gasteiger partial charge in [0.25, 0.3) is 5.91 Å². The Hall–Kier alpha value is -1.50. The first-order valence-corrected chi connectivity index (χ1v) is 14.4. The van der Waals surface area contributed by atoms with Crippen LogP contribution in [0.4, 0.5) is 0 Å². The van der Waals surface area contributed by atoms with Crippen molar-refractivity contribution in [2.45, 2.75) is 132 Å². The van der Waals surface area contributed by atoms with Gasteiger partial charge in [0.15, 0.2) is 18.7 Å². The molecule has 2 rings (SSSR count). The molecular formula is C26H48N2O13. The number of carbonyl (C=O) groups excluding carboxylic acids is 1. The third-order valence-corrected chi connectivity index (χ3v) is 7.26. The predicted octanol–water partition coefficient (Wildman–Crippen LogP) is -2.31. The maximum absolute atomic E-state index is 12.6. The summed E-state index contributed by atoms with van der Waals surface area (Å²) in [6.45, 7) is 2.03. The van der Waals surface area contributed by atoms with E-state index in [1.165, 1.54) is 0 Å². The fourth-order valence-corrected chi connectivity index (χ4v) is 4.59. The molecule has 15 nitrogen and oxygen atoms in total. The van der Waals surface area contributed by atoms with Crippen molar-refractivity contribution in [3.05, 3.63) is 0 Å². The van der Waals surface area contributed by atoms with Gasteiger partial charge in [0, 0.05) is 13.2 Å². The van der Waals surface area contributed by atoms with Crippen molar-refractivity contribution in [2.75, 3.05) is 19.8 Å². The van der Waals surface area contributed by atoms with Gasteiger partial charge in [0.05, 0.1) is 6.61 Å². The second-order valence-electron chi connectivity index (χ2n) is 10.6. The number of unbranched alkanes of at least 4 members (excludes halogenated alkanes) is 6.